The maximum Gasteiger partial charge on any atom is 0.0574 e. The molecular weight excluding hydrogens is 252 g/mol. The van der Waals surface area contributed by atoms with E-state index >= 15 is 0 Å². The first-order valence-electron chi connectivity index (χ1n) is 5.64. The average Bonchev–Trinajstić information content (AvgIpc) is 2.30. The van der Waals surface area contributed by atoms with Gasteiger partial charge in [0.15, 0.2) is 0 Å². The first-order valence-corrected chi connectivity index (χ1v) is 6.43. The van der Waals surface area contributed by atoms with Gasteiger partial charge in [-0.3, -0.25) is 4.98 Å². The molecule has 2 rings (SSSR count). The lowest BCUT2D eigenvalue weighted by Crippen LogP contribution is -2.24. The smallest absolute Gasteiger partial charge is 0.0574 e. The third-order valence-corrected chi connectivity index (χ3v) is 3.72. The zero-order chi connectivity index (χ0) is 10.7. The molecule has 1 aromatic rings. The molecule has 0 unspecified atom stereocenters. The molecule has 0 spiro atoms. The molecule has 2 nitrogen and oxygen atoms in total. The first kappa shape index (κ1) is 11.1. The number of rotatable bonds is 2. The maximum atomic E-state index is 6.24. The Kier molecular flexibility index (Phi) is 3.76. The summed E-state index contributed by atoms with van der Waals surface area (Å²) in [5.74, 6) is 0.632. The summed E-state index contributed by atoms with van der Waals surface area (Å²) in [5.41, 5.74) is 7.27. The zero-order valence-electron chi connectivity index (χ0n) is 8.82. The molecule has 82 valence electrons. The van der Waals surface area contributed by atoms with Crippen LogP contribution in [0.4, 0.5) is 0 Å². The number of pyridine rings is 1. The van der Waals surface area contributed by atoms with Crippen LogP contribution in [-0.2, 0) is 0 Å². The van der Waals surface area contributed by atoms with Gasteiger partial charge >= 0.3 is 0 Å². The number of nitrogens with two attached hydrogens (primary N) is 1. The van der Waals surface area contributed by atoms with Crippen LogP contribution in [0.15, 0.2) is 22.8 Å². The molecule has 0 saturated heterocycles. The largest absolute Gasteiger partial charge is 0.322 e. The van der Waals surface area contributed by atoms with E-state index in [1.54, 1.807) is 0 Å². The van der Waals surface area contributed by atoms with E-state index in [9.17, 15) is 0 Å². The summed E-state index contributed by atoms with van der Waals surface area (Å²) in [4.78, 5) is 4.38. The van der Waals surface area contributed by atoms with Crippen LogP contribution in [0.1, 0.15) is 43.8 Å². The second-order valence-corrected chi connectivity index (χ2v) is 5.24. The van der Waals surface area contributed by atoms with Crippen LogP contribution in [0.2, 0.25) is 0 Å². The Morgan fingerprint density at radius 1 is 1.27 bits per heavy atom. The summed E-state index contributed by atoms with van der Waals surface area (Å²) >= 11 is 3.39. The SMILES string of the molecule is N[C@H](c1ccc(Br)cn1)C1CCCCC1. The fraction of sp³-hybridized carbons (Fsp3) is 0.583. The molecule has 0 bridgehead atoms. The Bertz CT molecular complexity index is 304. The lowest BCUT2D eigenvalue weighted by atomic mass is 9.83. The van der Waals surface area contributed by atoms with Crippen molar-refractivity contribution >= 4 is 15.9 Å². The lowest BCUT2D eigenvalue weighted by molar-refractivity contribution is 0.305. The van der Waals surface area contributed by atoms with Gasteiger partial charge in [-0.15, -0.1) is 0 Å². The molecule has 1 aliphatic carbocycles. The predicted octanol–water partition coefficient (Wildman–Crippen LogP) is 3.42. The number of aromatic nitrogens is 1. The van der Waals surface area contributed by atoms with Crippen molar-refractivity contribution in [1.82, 2.24) is 4.98 Å². The van der Waals surface area contributed by atoms with Crippen LogP contribution in [0.5, 0.6) is 0 Å². The topological polar surface area (TPSA) is 38.9 Å². The number of halogens is 1. The average molecular weight is 269 g/mol. The first-order chi connectivity index (χ1) is 7.27. The van der Waals surface area contributed by atoms with Crippen LogP contribution in [0.3, 0.4) is 0 Å². The van der Waals surface area contributed by atoms with Gasteiger partial charge < -0.3 is 5.73 Å². The van der Waals surface area contributed by atoms with Crippen LogP contribution in [-0.4, -0.2) is 4.98 Å². The standard InChI is InChI=1S/C12H17BrN2/c13-10-6-7-11(15-8-10)12(14)9-4-2-1-3-5-9/h6-9,12H,1-5,14H2/t12-/m0/s1. The minimum Gasteiger partial charge on any atom is -0.322 e. The van der Waals surface area contributed by atoms with E-state index in [0.29, 0.717) is 5.92 Å². The molecular formula is C12H17BrN2. The fourth-order valence-corrected chi connectivity index (χ4v) is 2.55. The molecule has 1 atom stereocenters. The van der Waals surface area contributed by atoms with Gasteiger partial charge in [-0.25, -0.2) is 0 Å². The molecule has 1 aliphatic rings. The normalized spacial score (nSPS) is 20.1. The molecule has 0 amide bonds. The lowest BCUT2D eigenvalue weighted by Gasteiger charge is -2.27. The molecule has 2 N–H and O–H groups in total. The van der Waals surface area contributed by atoms with Crippen molar-refractivity contribution in [3.63, 3.8) is 0 Å². The molecule has 1 fully saturated rings. The Balaban J connectivity index is 2.05. The van der Waals surface area contributed by atoms with E-state index in [4.69, 9.17) is 5.73 Å². The van der Waals surface area contributed by atoms with Gasteiger partial charge in [0.1, 0.15) is 0 Å². The Morgan fingerprint density at radius 2 is 2.00 bits per heavy atom. The van der Waals surface area contributed by atoms with Crippen molar-refractivity contribution in [3.05, 3.63) is 28.5 Å². The summed E-state index contributed by atoms with van der Waals surface area (Å²) in [6, 6.07) is 4.17. The van der Waals surface area contributed by atoms with E-state index in [1.165, 1.54) is 32.1 Å². The van der Waals surface area contributed by atoms with Gasteiger partial charge in [-0.1, -0.05) is 19.3 Å². The third kappa shape index (κ3) is 2.79. The molecule has 1 heterocycles. The highest BCUT2D eigenvalue weighted by Crippen LogP contribution is 2.32. The highest BCUT2D eigenvalue weighted by Gasteiger charge is 2.22. The summed E-state index contributed by atoms with van der Waals surface area (Å²) in [7, 11) is 0. The Morgan fingerprint density at radius 3 is 2.60 bits per heavy atom. The Hall–Kier alpha value is -0.410. The van der Waals surface area contributed by atoms with E-state index in [2.05, 4.69) is 20.9 Å². The van der Waals surface area contributed by atoms with Crippen molar-refractivity contribution in [2.75, 3.05) is 0 Å². The van der Waals surface area contributed by atoms with Crippen LogP contribution >= 0.6 is 15.9 Å². The number of nitrogens with zero attached hydrogens (tertiary/aromatic N) is 1. The molecule has 0 radical (unpaired) electrons. The van der Waals surface area contributed by atoms with Crippen LogP contribution < -0.4 is 5.73 Å². The second-order valence-electron chi connectivity index (χ2n) is 4.33. The van der Waals surface area contributed by atoms with Gasteiger partial charge in [0.25, 0.3) is 0 Å². The molecule has 0 aliphatic heterocycles. The van der Waals surface area contributed by atoms with Gasteiger partial charge in [0.2, 0.25) is 0 Å². The quantitative estimate of drug-likeness (QED) is 0.893. The minimum absolute atomic E-state index is 0.124. The monoisotopic (exact) mass is 268 g/mol. The molecule has 1 aromatic heterocycles. The third-order valence-electron chi connectivity index (χ3n) is 3.25. The molecule has 3 heteroatoms. The van der Waals surface area contributed by atoms with Crippen molar-refractivity contribution in [2.45, 2.75) is 38.1 Å². The summed E-state index contributed by atoms with van der Waals surface area (Å²) in [5, 5.41) is 0. The fourth-order valence-electron chi connectivity index (χ4n) is 2.32. The van der Waals surface area contributed by atoms with Gasteiger partial charge in [-0.2, -0.15) is 0 Å². The van der Waals surface area contributed by atoms with E-state index < -0.39 is 0 Å². The van der Waals surface area contributed by atoms with Gasteiger partial charge in [-0.05, 0) is 46.8 Å². The van der Waals surface area contributed by atoms with E-state index in [0.717, 1.165) is 10.2 Å². The molecule has 1 saturated carbocycles. The van der Waals surface area contributed by atoms with E-state index in [1.807, 2.05) is 18.3 Å². The molecule has 15 heavy (non-hydrogen) atoms. The summed E-state index contributed by atoms with van der Waals surface area (Å²) in [6.45, 7) is 0. The maximum absolute atomic E-state index is 6.24. The minimum atomic E-state index is 0.124. The Labute approximate surface area is 99.4 Å². The number of hydrogen-bond donors (Lipinski definition) is 1. The molecule has 0 aromatic carbocycles. The predicted molar refractivity (Wildman–Crippen MR) is 65.4 cm³/mol. The van der Waals surface area contributed by atoms with Gasteiger partial charge in [0.05, 0.1) is 5.69 Å². The summed E-state index contributed by atoms with van der Waals surface area (Å²) in [6.07, 6.45) is 8.39. The van der Waals surface area contributed by atoms with Crippen molar-refractivity contribution in [3.8, 4) is 0 Å². The van der Waals surface area contributed by atoms with Crippen molar-refractivity contribution in [2.24, 2.45) is 11.7 Å². The van der Waals surface area contributed by atoms with Crippen LogP contribution in [0, 0.1) is 5.92 Å². The van der Waals surface area contributed by atoms with Crippen molar-refractivity contribution in [1.29, 1.82) is 0 Å². The second kappa shape index (κ2) is 5.08. The summed E-state index contributed by atoms with van der Waals surface area (Å²) < 4.78 is 1.02. The highest BCUT2D eigenvalue weighted by molar-refractivity contribution is 9.10. The highest BCUT2D eigenvalue weighted by atomic mass is 79.9. The van der Waals surface area contributed by atoms with Crippen molar-refractivity contribution < 1.29 is 0 Å². The van der Waals surface area contributed by atoms with Gasteiger partial charge in [0, 0.05) is 16.7 Å². The number of hydrogen-bond acceptors (Lipinski definition) is 2. The van der Waals surface area contributed by atoms with Crippen LogP contribution in [0.25, 0.3) is 0 Å². The van der Waals surface area contributed by atoms with E-state index in [-0.39, 0.29) is 6.04 Å². The zero-order valence-corrected chi connectivity index (χ0v) is 10.4.